The van der Waals surface area contributed by atoms with Crippen LogP contribution in [0.4, 0.5) is 0 Å². The number of nitrogens with zero attached hydrogens (tertiary/aromatic N) is 1. The Bertz CT molecular complexity index is 666. The van der Waals surface area contributed by atoms with Crippen LogP contribution < -0.4 is 0 Å². The molecule has 0 bridgehead atoms. The van der Waals surface area contributed by atoms with E-state index in [9.17, 15) is 4.79 Å². The van der Waals surface area contributed by atoms with Crippen LogP contribution in [-0.4, -0.2) is 17.6 Å². The first-order valence-corrected chi connectivity index (χ1v) is 7.12. The van der Waals surface area contributed by atoms with Gasteiger partial charge in [0.2, 0.25) is 0 Å². The van der Waals surface area contributed by atoms with Crippen molar-refractivity contribution >= 4 is 41.3 Å². The molecule has 21 heavy (non-hydrogen) atoms. The molecule has 0 saturated carbocycles. The molecule has 0 N–H and O–H groups in total. The molecule has 0 fully saturated rings. The summed E-state index contributed by atoms with van der Waals surface area (Å²) >= 11 is 11.8. The Morgan fingerprint density at radius 1 is 1.19 bits per heavy atom. The van der Waals surface area contributed by atoms with Crippen LogP contribution in [0.1, 0.15) is 28.5 Å². The molecule has 3 nitrogen and oxygen atoms in total. The van der Waals surface area contributed by atoms with Gasteiger partial charge in [0.15, 0.2) is 0 Å². The molecule has 0 aliphatic heterocycles. The number of esters is 1. The Kier molecular flexibility index (Phi) is 5.37. The zero-order chi connectivity index (χ0) is 15.2. The molecule has 1 aromatic heterocycles. The molecule has 2 aromatic rings. The number of ether oxygens (including phenoxy) is 1. The average molecular weight is 322 g/mol. The van der Waals surface area contributed by atoms with Gasteiger partial charge in [0.05, 0.1) is 27.9 Å². The minimum absolute atomic E-state index is 0.345. The number of hydrogen-bond acceptors (Lipinski definition) is 3. The minimum Gasteiger partial charge on any atom is -0.462 e. The van der Waals surface area contributed by atoms with Gasteiger partial charge in [0.25, 0.3) is 0 Å². The number of aromatic nitrogens is 1. The number of carbonyl (C=O) groups excluding carboxylic acids is 1. The van der Waals surface area contributed by atoms with Gasteiger partial charge >= 0.3 is 5.97 Å². The molecule has 0 aliphatic rings. The summed E-state index contributed by atoms with van der Waals surface area (Å²) in [6.07, 6.45) is 5.19. The number of halogens is 2. The topological polar surface area (TPSA) is 39.2 Å². The van der Waals surface area contributed by atoms with Crippen LogP contribution in [0.25, 0.3) is 12.2 Å². The molecular weight excluding hydrogens is 309 g/mol. The van der Waals surface area contributed by atoms with Crippen LogP contribution in [0.3, 0.4) is 0 Å². The highest BCUT2D eigenvalue weighted by molar-refractivity contribution is 6.42. The van der Waals surface area contributed by atoms with Crippen molar-refractivity contribution in [3.05, 3.63) is 63.4 Å². The maximum atomic E-state index is 11.5. The van der Waals surface area contributed by atoms with Crippen LogP contribution in [0.5, 0.6) is 0 Å². The maximum absolute atomic E-state index is 11.5. The van der Waals surface area contributed by atoms with Crippen molar-refractivity contribution < 1.29 is 9.53 Å². The lowest BCUT2D eigenvalue weighted by molar-refractivity contribution is 0.0526. The highest BCUT2D eigenvalue weighted by atomic mass is 35.5. The Balaban J connectivity index is 2.10. The molecule has 0 unspecified atom stereocenters. The lowest BCUT2D eigenvalue weighted by Crippen LogP contribution is -2.04. The predicted octanol–water partition coefficient (Wildman–Crippen LogP) is 4.74. The summed E-state index contributed by atoms with van der Waals surface area (Å²) in [6, 6.07) is 8.80. The summed E-state index contributed by atoms with van der Waals surface area (Å²) in [7, 11) is 0. The zero-order valence-electron chi connectivity index (χ0n) is 11.3. The SMILES string of the molecule is CCOC(=O)c1ccc(/C=C/c2ccc(Cl)c(Cl)c2)nc1. The van der Waals surface area contributed by atoms with E-state index in [0.29, 0.717) is 22.2 Å². The second-order valence-electron chi connectivity index (χ2n) is 4.20. The lowest BCUT2D eigenvalue weighted by atomic mass is 10.2. The largest absolute Gasteiger partial charge is 0.462 e. The van der Waals surface area contributed by atoms with Gasteiger partial charge in [0.1, 0.15) is 0 Å². The van der Waals surface area contributed by atoms with E-state index < -0.39 is 0 Å². The summed E-state index contributed by atoms with van der Waals surface area (Å²) in [5.74, 6) is -0.370. The fourth-order valence-corrected chi connectivity index (χ4v) is 1.94. The fourth-order valence-electron chi connectivity index (χ4n) is 1.64. The van der Waals surface area contributed by atoms with E-state index in [1.54, 1.807) is 31.2 Å². The highest BCUT2D eigenvalue weighted by Gasteiger charge is 2.05. The van der Waals surface area contributed by atoms with Gasteiger partial charge in [-0.25, -0.2) is 4.79 Å². The Morgan fingerprint density at radius 3 is 2.62 bits per heavy atom. The Morgan fingerprint density at radius 2 is 2.00 bits per heavy atom. The van der Waals surface area contributed by atoms with Gasteiger partial charge in [-0.1, -0.05) is 35.3 Å². The molecule has 108 valence electrons. The van der Waals surface area contributed by atoms with Crippen LogP contribution in [-0.2, 0) is 4.74 Å². The van der Waals surface area contributed by atoms with Gasteiger partial charge in [-0.3, -0.25) is 4.98 Å². The molecule has 0 amide bonds. The quantitative estimate of drug-likeness (QED) is 0.764. The van der Waals surface area contributed by atoms with Crippen molar-refractivity contribution in [3.8, 4) is 0 Å². The second-order valence-corrected chi connectivity index (χ2v) is 5.01. The molecular formula is C16H13Cl2NO2. The van der Waals surface area contributed by atoms with Crippen LogP contribution in [0.15, 0.2) is 36.5 Å². The third kappa shape index (κ3) is 4.31. The number of hydrogen-bond donors (Lipinski definition) is 0. The van der Waals surface area contributed by atoms with Gasteiger partial charge in [-0.15, -0.1) is 0 Å². The zero-order valence-corrected chi connectivity index (χ0v) is 12.9. The van der Waals surface area contributed by atoms with E-state index in [1.807, 2.05) is 18.2 Å². The summed E-state index contributed by atoms with van der Waals surface area (Å²) in [5, 5.41) is 1.02. The van der Waals surface area contributed by atoms with Crippen molar-refractivity contribution in [3.63, 3.8) is 0 Å². The summed E-state index contributed by atoms with van der Waals surface area (Å²) in [4.78, 5) is 15.7. The first kappa shape index (κ1) is 15.5. The van der Waals surface area contributed by atoms with E-state index in [0.717, 1.165) is 11.3 Å². The van der Waals surface area contributed by atoms with Gasteiger partial charge in [0, 0.05) is 6.20 Å². The normalized spacial score (nSPS) is 10.8. The molecule has 0 spiro atoms. The van der Waals surface area contributed by atoms with Crippen molar-refractivity contribution in [2.24, 2.45) is 0 Å². The smallest absolute Gasteiger partial charge is 0.339 e. The fraction of sp³-hybridized carbons (Fsp3) is 0.125. The monoisotopic (exact) mass is 321 g/mol. The van der Waals surface area contributed by atoms with Gasteiger partial charge in [-0.05, 0) is 42.8 Å². The molecule has 1 aromatic carbocycles. The third-order valence-electron chi connectivity index (χ3n) is 2.69. The van der Waals surface area contributed by atoms with E-state index in [-0.39, 0.29) is 5.97 Å². The molecule has 2 rings (SSSR count). The maximum Gasteiger partial charge on any atom is 0.339 e. The molecule has 0 aliphatic carbocycles. The number of carbonyl (C=O) groups is 1. The standard InChI is InChI=1S/C16H13Cl2NO2/c1-2-21-16(20)12-5-7-13(19-10-12)6-3-11-4-8-14(17)15(18)9-11/h3-10H,2H2,1H3/b6-3+. The molecule has 5 heteroatoms. The second kappa shape index (κ2) is 7.25. The van der Waals surface area contributed by atoms with E-state index in [4.69, 9.17) is 27.9 Å². The van der Waals surface area contributed by atoms with E-state index in [2.05, 4.69) is 4.98 Å². The van der Waals surface area contributed by atoms with Crippen LogP contribution in [0, 0.1) is 0 Å². The van der Waals surface area contributed by atoms with E-state index in [1.165, 1.54) is 6.20 Å². The van der Waals surface area contributed by atoms with Crippen LogP contribution in [0.2, 0.25) is 10.0 Å². The third-order valence-corrected chi connectivity index (χ3v) is 3.43. The van der Waals surface area contributed by atoms with Crippen molar-refractivity contribution in [1.82, 2.24) is 4.98 Å². The van der Waals surface area contributed by atoms with Gasteiger partial charge < -0.3 is 4.74 Å². The number of rotatable bonds is 4. The predicted molar refractivity (Wildman–Crippen MR) is 85.6 cm³/mol. The van der Waals surface area contributed by atoms with Crippen molar-refractivity contribution in [2.45, 2.75) is 6.92 Å². The lowest BCUT2D eigenvalue weighted by Gasteiger charge is -2.01. The molecule has 0 atom stereocenters. The number of pyridine rings is 1. The first-order valence-electron chi connectivity index (χ1n) is 6.36. The van der Waals surface area contributed by atoms with E-state index >= 15 is 0 Å². The summed E-state index contributed by atoms with van der Waals surface area (Å²) < 4.78 is 4.90. The average Bonchev–Trinajstić information content (AvgIpc) is 2.49. The molecule has 0 radical (unpaired) electrons. The highest BCUT2D eigenvalue weighted by Crippen LogP contribution is 2.23. The minimum atomic E-state index is -0.370. The van der Waals surface area contributed by atoms with Gasteiger partial charge in [-0.2, -0.15) is 0 Å². The molecule has 0 saturated heterocycles. The molecule has 1 heterocycles. The number of benzene rings is 1. The van der Waals surface area contributed by atoms with Crippen molar-refractivity contribution in [1.29, 1.82) is 0 Å². The van der Waals surface area contributed by atoms with Crippen molar-refractivity contribution in [2.75, 3.05) is 6.61 Å². The summed E-state index contributed by atoms with van der Waals surface area (Å²) in [5.41, 5.74) is 2.08. The Hall–Kier alpha value is -1.84. The van der Waals surface area contributed by atoms with Crippen LogP contribution >= 0.6 is 23.2 Å². The summed E-state index contributed by atoms with van der Waals surface area (Å²) in [6.45, 7) is 2.11. The first-order chi connectivity index (χ1) is 10.1. The Labute approximate surface area is 133 Å².